The Hall–Kier alpha value is -2.24. The maximum Gasteiger partial charge on any atom is 0.312 e. The van der Waals surface area contributed by atoms with Crippen molar-refractivity contribution in [2.75, 3.05) is 0 Å². The van der Waals surface area contributed by atoms with E-state index in [1.165, 1.54) is 0 Å². The second-order valence-electron chi connectivity index (χ2n) is 5.07. The predicted molar refractivity (Wildman–Crippen MR) is 92.8 cm³/mol. The molecule has 0 spiro atoms. The summed E-state index contributed by atoms with van der Waals surface area (Å²) in [7, 11) is 0. The Morgan fingerprint density at radius 1 is 1.08 bits per heavy atom. The largest absolute Gasteiger partial charge is 0.461 e. The Labute approximate surface area is 149 Å². The van der Waals surface area contributed by atoms with Crippen molar-refractivity contribution in [3.63, 3.8) is 0 Å². The van der Waals surface area contributed by atoms with Gasteiger partial charge in [-0.2, -0.15) is 0 Å². The van der Waals surface area contributed by atoms with Crippen LogP contribution in [0.4, 0.5) is 4.79 Å². The van der Waals surface area contributed by atoms with Gasteiger partial charge >= 0.3 is 12.0 Å². The smallest absolute Gasteiger partial charge is 0.312 e. The fourth-order valence-corrected chi connectivity index (χ4v) is 2.43. The summed E-state index contributed by atoms with van der Waals surface area (Å²) in [4.78, 5) is 23.2. The lowest BCUT2D eigenvalue weighted by atomic mass is 10.0. The molecule has 2 rings (SSSR count). The summed E-state index contributed by atoms with van der Waals surface area (Å²) in [6.07, 6.45) is -0.0605. The molecule has 0 aliphatic heterocycles. The summed E-state index contributed by atoms with van der Waals surface area (Å²) in [5.74, 6) is -0.483. The van der Waals surface area contributed by atoms with Crippen molar-refractivity contribution in [2.24, 2.45) is 5.73 Å². The van der Waals surface area contributed by atoms with E-state index in [4.69, 9.17) is 33.7 Å². The first kappa shape index (κ1) is 18.1. The number of carbonyl (C=O) groups is 2. The highest BCUT2D eigenvalue weighted by Crippen LogP contribution is 2.21. The number of halogens is 2. The van der Waals surface area contributed by atoms with Gasteiger partial charge in [0.25, 0.3) is 0 Å². The third-order valence-electron chi connectivity index (χ3n) is 3.31. The van der Waals surface area contributed by atoms with Gasteiger partial charge in [-0.3, -0.25) is 4.79 Å². The van der Waals surface area contributed by atoms with Crippen molar-refractivity contribution in [2.45, 2.75) is 19.1 Å². The first-order valence-electron chi connectivity index (χ1n) is 7.16. The van der Waals surface area contributed by atoms with Gasteiger partial charge in [0.2, 0.25) is 0 Å². The van der Waals surface area contributed by atoms with Crippen molar-refractivity contribution in [3.05, 3.63) is 69.7 Å². The number of primary amides is 1. The lowest BCUT2D eigenvalue weighted by Gasteiger charge is -2.17. The summed E-state index contributed by atoms with van der Waals surface area (Å²) >= 11 is 11.9. The van der Waals surface area contributed by atoms with Gasteiger partial charge in [-0.1, -0.05) is 53.5 Å². The molecule has 2 amide bonds. The van der Waals surface area contributed by atoms with E-state index < -0.39 is 18.0 Å². The summed E-state index contributed by atoms with van der Waals surface area (Å²) in [6, 6.07) is 12.5. The number of benzene rings is 2. The van der Waals surface area contributed by atoms with E-state index >= 15 is 0 Å². The van der Waals surface area contributed by atoms with Crippen molar-refractivity contribution in [1.29, 1.82) is 0 Å². The Balaban J connectivity index is 2.00. The van der Waals surface area contributed by atoms with Gasteiger partial charge in [-0.05, 0) is 23.8 Å². The summed E-state index contributed by atoms with van der Waals surface area (Å²) in [6.45, 7) is 0.0580. The first-order valence-corrected chi connectivity index (χ1v) is 7.92. The van der Waals surface area contributed by atoms with E-state index in [1.54, 1.807) is 48.5 Å². The van der Waals surface area contributed by atoms with Crippen LogP contribution in [-0.4, -0.2) is 12.0 Å². The molecule has 0 fully saturated rings. The van der Waals surface area contributed by atoms with Crippen LogP contribution in [-0.2, 0) is 16.1 Å². The number of urea groups is 1. The molecule has 3 N–H and O–H groups in total. The lowest BCUT2D eigenvalue weighted by molar-refractivity contribution is -0.145. The first-order chi connectivity index (χ1) is 11.5. The summed E-state index contributed by atoms with van der Waals surface area (Å²) in [5.41, 5.74) is 6.58. The number of rotatable bonds is 6. The van der Waals surface area contributed by atoms with Crippen LogP contribution in [0.5, 0.6) is 0 Å². The molecule has 0 saturated carbocycles. The molecular formula is C17H16Cl2N2O3. The van der Waals surface area contributed by atoms with Gasteiger partial charge in [0.15, 0.2) is 0 Å². The maximum absolute atomic E-state index is 12.1. The second-order valence-corrected chi connectivity index (χ2v) is 5.91. The molecule has 1 atom stereocenters. The van der Waals surface area contributed by atoms with Gasteiger partial charge in [-0.25, -0.2) is 4.79 Å². The van der Waals surface area contributed by atoms with E-state index in [-0.39, 0.29) is 13.0 Å². The van der Waals surface area contributed by atoms with E-state index in [9.17, 15) is 9.59 Å². The molecule has 0 radical (unpaired) electrons. The quantitative estimate of drug-likeness (QED) is 0.762. The molecule has 2 aromatic rings. The highest BCUT2D eigenvalue weighted by Gasteiger charge is 2.18. The number of amides is 2. The Kier molecular flexibility index (Phi) is 6.46. The van der Waals surface area contributed by atoms with Gasteiger partial charge < -0.3 is 15.8 Å². The van der Waals surface area contributed by atoms with Crippen LogP contribution < -0.4 is 11.1 Å². The molecule has 126 valence electrons. The third-order valence-corrected chi connectivity index (χ3v) is 3.93. The molecule has 0 saturated heterocycles. The number of carbonyl (C=O) groups excluding carboxylic acids is 2. The van der Waals surface area contributed by atoms with Gasteiger partial charge in [0.05, 0.1) is 12.5 Å². The molecular weight excluding hydrogens is 351 g/mol. The number of hydrogen-bond acceptors (Lipinski definition) is 3. The fourth-order valence-electron chi connectivity index (χ4n) is 2.12. The van der Waals surface area contributed by atoms with Crippen molar-refractivity contribution >= 4 is 35.2 Å². The number of nitrogens with one attached hydrogen (secondary N) is 1. The molecule has 2 aromatic carbocycles. The molecule has 0 aliphatic rings. The average Bonchev–Trinajstić information content (AvgIpc) is 2.54. The Morgan fingerprint density at radius 3 is 2.38 bits per heavy atom. The zero-order chi connectivity index (χ0) is 17.5. The van der Waals surface area contributed by atoms with Crippen molar-refractivity contribution < 1.29 is 14.3 Å². The van der Waals surface area contributed by atoms with Crippen LogP contribution in [0, 0.1) is 0 Å². The number of esters is 1. The lowest BCUT2D eigenvalue weighted by Crippen LogP contribution is -2.34. The van der Waals surface area contributed by atoms with Crippen LogP contribution in [0.1, 0.15) is 23.6 Å². The third kappa shape index (κ3) is 5.44. The highest BCUT2D eigenvalue weighted by atomic mass is 35.5. The Bertz CT molecular complexity index is 720. The van der Waals surface area contributed by atoms with Crippen LogP contribution in [0.15, 0.2) is 48.5 Å². The summed E-state index contributed by atoms with van der Waals surface area (Å²) in [5, 5.41) is 3.60. The average molecular weight is 367 g/mol. The zero-order valence-corrected chi connectivity index (χ0v) is 14.2. The van der Waals surface area contributed by atoms with E-state index in [1.807, 2.05) is 0 Å². The predicted octanol–water partition coefficient (Wildman–Crippen LogP) is 3.84. The van der Waals surface area contributed by atoms with E-state index in [2.05, 4.69) is 5.32 Å². The number of hydrogen-bond donors (Lipinski definition) is 2. The van der Waals surface area contributed by atoms with E-state index in [0.717, 1.165) is 0 Å². The number of nitrogens with two attached hydrogens (primary N) is 1. The highest BCUT2D eigenvalue weighted by molar-refractivity contribution is 6.31. The molecule has 1 unspecified atom stereocenters. The number of ether oxygens (including phenoxy) is 1. The molecule has 24 heavy (non-hydrogen) atoms. The second kappa shape index (κ2) is 8.57. The van der Waals surface area contributed by atoms with Crippen molar-refractivity contribution in [1.82, 2.24) is 5.32 Å². The molecule has 0 aromatic heterocycles. The minimum atomic E-state index is -0.728. The topological polar surface area (TPSA) is 81.4 Å². The zero-order valence-electron chi connectivity index (χ0n) is 12.7. The van der Waals surface area contributed by atoms with Crippen LogP contribution >= 0.6 is 23.2 Å². The molecule has 0 bridgehead atoms. The van der Waals surface area contributed by atoms with Crippen molar-refractivity contribution in [3.8, 4) is 0 Å². The van der Waals surface area contributed by atoms with Crippen LogP contribution in [0.3, 0.4) is 0 Å². The van der Waals surface area contributed by atoms with Crippen LogP contribution in [0.25, 0.3) is 0 Å². The molecule has 0 heterocycles. The fraction of sp³-hybridized carbons (Fsp3) is 0.176. The molecule has 0 aliphatic carbocycles. The SMILES string of the molecule is NC(=O)NC(CC(=O)OCc1ccccc1Cl)c1ccc(Cl)cc1. The van der Waals surface area contributed by atoms with E-state index in [0.29, 0.717) is 21.2 Å². The monoisotopic (exact) mass is 366 g/mol. The van der Waals surface area contributed by atoms with Gasteiger partial charge in [0.1, 0.15) is 6.61 Å². The minimum absolute atomic E-state index is 0.0580. The van der Waals surface area contributed by atoms with Crippen LogP contribution in [0.2, 0.25) is 10.0 Å². The standard InChI is InChI=1S/C17H16Cl2N2O3/c18-13-7-5-11(6-8-13)15(21-17(20)23)9-16(22)24-10-12-3-1-2-4-14(12)19/h1-8,15H,9-10H2,(H3,20,21,23). The minimum Gasteiger partial charge on any atom is -0.461 e. The summed E-state index contributed by atoms with van der Waals surface area (Å²) < 4.78 is 5.22. The maximum atomic E-state index is 12.1. The molecule has 7 heteroatoms. The molecule has 5 nitrogen and oxygen atoms in total. The van der Waals surface area contributed by atoms with Gasteiger partial charge in [-0.15, -0.1) is 0 Å². The van der Waals surface area contributed by atoms with Gasteiger partial charge in [0, 0.05) is 15.6 Å². The Morgan fingerprint density at radius 2 is 1.75 bits per heavy atom. The normalized spacial score (nSPS) is 11.6.